The van der Waals surface area contributed by atoms with Gasteiger partial charge in [-0.25, -0.2) is 4.39 Å². The molecule has 2 aromatic carbocycles. The van der Waals surface area contributed by atoms with Crippen molar-refractivity contribution in [3.05, 3.63) is 65.0 Å². The molecule has 0 aliphatic rings. The predicted octanol–water partition coefficient (Wildman–Crippen LogP) is 3.41. The van der Waals surface area contributed by atoms with Crippen LogP contribution < -0.4 is 5.32 Å². The summed E-state index contributed by atoms with van der Waals surface area (Å²) in [4.78, 5) is 25.7. The molecule has 2 amide bonds. The number of carbonyl (C=O) groups is 2. The van der Waals surface area contributed by atoms with E-state index in [0.29, 0.717) is 5.56 Å². The third-order valence-corrected chi connectivity index (χ3v) is 3.82. The first-order valence-corrected chi connectivity index (χ1v) is 7.81. The number of halogens is 1. The van der Waals surface area contributed by atoms with E-state index in [4.69, 9.17) is 0 Å². The minimum atomic E-state index is -0.435. The van der Waals surface area contributed by atoms with Crippen molar-refractivity contribution in [3.63, 3.8) is 0 Å². The predicted molar refractivity (Wildman–Crippen MR) is 92.5 cm³/mol. The molecule has 0 radical (unpaired) electrons. The van der Waals surface area contributed by atoms with Gasteiger partial charge in [0, 0.05) is 18.3 Å². The highest BCUT2D eigenvalue weighted by Crippen LogP contribution is 2.15. The molecule has 0 spiro atoms. The molecule has 0 aliphatic carbocycles. The normalized spacial score (nSPS) is 10.3. The van der Waals surface area contributed by atoms with E-state index >= 15 is 0 Å². The van der Waals surface area contributed by atoms with E-state index in [1.165, 1.54) is 18.0 Å². The van der Waals surface area contributed by atoms with Crippen molar-refractivity contribution in [1.29, 1.82) is 0 Å². The number of likely N-dealkylation sites (N-methyl/N-ethyl adjacent to an activating group) is 1. The van der Waals surface area contributed by atoms with Gasteiger partial charge in [-0.2, -0.15) is 0 Å². The molecule has 5 heteroatoms. The van der Waals surface area contributed by atoms with Crippen molar-refractivity contribution in [2.75, 3.05) is 18.9 Å². The van der Waals surface area contributed by atoms with Gasteiger partial charge in [-0.05, 0) is 42.7 Å². The minimum Gasteiger partial charge on any atom is -0.332 e. The number of benzene rings is 2. The Hall–Kier alpha value is -2.69. The van der Waals surface area contributed by atoms with Gasteiger partial charge in [0.15, 0.2) is 0 Å². The summed E-state index contributed by atoms with van der Waals surface area (Å²) in [6.45, 7) is 3.53. The average molecular weight is 328 g/mol. The zero-order valence-electron chi connectivity index (χ0n) is 14.1. The summed E-state index contributed by atoms with van der Waals surface area (Å²) in [5.74, 6) is -1.12. The van der Waals surface area contributed by atoms with Gasteiger partial charge < -0.3 is 10.2 Å². The van der Waals surface area contributed by atoms with Gasteiger partial charge in [0.25, 0.3) is 5.91 Å². The number of rotatable bonds is 5. The molecule has 1 N–H and O–H groups in total. The van der Waals surface area contributed by atoms with E-state index in [-0.39, 0.29) is 18.0 Å². The summed E-state index contributed by atoms with van der Waals surface area (Å²) in [6, 6.07) is 11.8. The Morgan fingerprint density at radius 2 is 1.88 bits per heavy atom. The van der Waals surface area contributed by atoms with Crippen LogP contribution in [0.2, 0.25) is 0 Å². The first kappa shape index (κ1) is 17.7. The van der Waals surface area contributed by atoms with Gasteiger partial charge in [0.1, 0.15) is 5.82 Å². The zero-order valence-corrected chi connectivity index (χ0v) is 14.1. The molecule has 0 saturated heterocycles. The van der Waals surface area contributed by atoms with Crippen LogP contribution >= 0.6 is 0 Å². The topological polar surface area (TPSA) is 49.4 Å². The van der Waals surface area contributed by atoms with Crippen molar-refractivity contribution in [2.45, 2.75) is 20.3 Å². The van der Waals surface area contributed by atoms with Gasteiger partial charge in [-0.15, -0.1) is 0 Å². The number of hydrogen-bond donors (Lipinski definition) is 1. The standard InChI is InChI=1S/C19H21FN2O2/c1-4-14-7-5-6-8-17(14)21-18(23)12-22(3)19(24)15-10-9-13(2)16(20)11-15/h5-11H,4,12H2,1-3H3,(H,21,23). The highest BCUT2D eigenvalue weighted by atomic mass is 19.1. The number of nitrogens with zero attached hydrogens (tertiary/aromatic N) is 1. The van der Waals surface area contributed by atoms with Crippen molar-refractivity contribution < 1.29 is 14.0 Å². The number of hydrogen-bond acceptors (Lipinski definition) is 2. The molecule has 0 aliphatic heterocycles. The van der Waals surface area contributed by atoms with Crippen molar-refractivity contribution >= 4 is 17.5 Å². The fourth-order valence-corrected chi connectivity index (χ4v) is 2.37. The number of para-hydroxylation sites is 1. The average Bonchev–Trinajstić information content (AvgIpc) is 2.57. The SMILES string of the molecule is CCc1ccccc1NC(=O)CN(C)C(=O)c1ccc(C)c(F)c1. The maximum Gasteiger partial charge on any atom is 0.254 e. The number of nitrogens with one attached hydrogen (secondary N) is 1. The van der Waals surface area contributed by atoms with Gasteiger partial charge in [0.2, 0.25) is 5.91 Å². The van der Waals surface area contributed by atoms with E-state index in [1.54, 1.807) is 19.1 Å². The van der Waals surface area contributed by atoms with Crippen LogP contribution in [0.3, 0.4) is 0 Å². The van der Waals surface area contributed by atoms with Crippen LogP contribution in [-0.2, 0) is 11.2 Å². The van der Waals surface area contributed by atoms with Crippen molar-refractivity contribution in [2.24, 2.45) is 0 Å². The molecule has 0 bridgehead atoms. The number of anilines is 1. The highest BCUT2D eigenvalue weighted by molar-refractivity contribution is 5.99. The van der Waals surface area contributed by atoms with Gasteiger partial charge >= 0.3 is 0 Å². The van der Waals surface area contributed by atoms with Crippen molar-refractivity contribution in [1.82, 2.24) is 4.90 Å². The van der Waals surface area contributed by atoms with Crippen LogP contribution in [-0.4, -0.2) is 30.3 Å². The van der Waals surface area contributed by atoms with Gasteiger partial charge in [-0.1, -0.05) is 31.2 Å². The summed E-state index contributed by atoms with van der Waals surface area (Å²) in [5, 5.41) is 2.81. The summed E-state index contributed by atoms with van der Waals surface area (Å²) >= 11 is 0. The van der Waals surface area contributed by atoms with E-state index in [2.05, 4.69) is 5.32 Å². The second kappa shape index (κ2) is 7.73. The summed E-state index contributed by atoms with van der Waals surface area (Å²) in [7, 11) is 1.52. The van der Waals surface area contributed by atoms with Gasteiger partial charge in [0.05, 0.1) is 6.54 Å². The van der Waals surface area contributed by atoms with E-state index in [1.807, 2.05) is 31.2 Å². The molecule has 24 heavy (non-hydrogen) atoms. The highest BCUT2D eigenvalue weighted by Gasteiger charge is 2.16. The molecular formula is C19H21FN2O2. The third-order valence-electron chi connectivity index (χ3n) is 3.82. The molecular weight excluding hydrogens is 307 g/mol. The fraction of sp³-hybridized carbons (Fsp3) is 0.263. The number of carbonyl (C=O) groups excluding carboxylic acids is 2. The summed E-state index contributed by atoms with van der Waals surface area (Å²) in [6.07, 6.45) is 0.799. The number of aryl methyl sites for hydroxylation is 2. The molecule has 4 nitrogen and oxygen atoms in total. The molecule has 0 saturated carbocycles. The molecule has 0 heterocycles. The lowest BCUT2D eigenvalue weighted by atomic mass is 10.1. The Labute approximate surface area is 141 Å². The van der Waals surface area contributed by atoms with Crippen LogP contribution in [0.1, 0.15) is 28.4 Å². The Kier molecular flexibility index (Phi) is 5.68. The summed E-state index contributed by atoms with van der Waals surface area (Å²) < 4.78 is 13.6. The maximum absolute atomic E-state index is 13.6. The lowest BCUT2D eigenvalue weighted by Gasteiger charge is -2.18. The third kappa shape index (κ3) is 4.19. The van der Waals surface area contributed by atoms with E-state index in [0.717, 1.165) is 17.7 Å². The molecule has 0 aromatic heterocycles. The Balaban J connectivity index is 2.02. The quantitative estimate of drug-likeness (QED) is 0.914. The second-order valence-corrected chi connectivity index (χ2v) is 5.68. The Bertz CT molecular complexity index is 759. The largest absolute Gasteiger partial charge is 0.332 e. The maximum atomic E-state index is 13.6. The molecule has 2 aromatic rings. The van der Waals surface area contributed by atoms with Crippen LogP contribution in [0.5, 0.6) is 0 Å². The fourth-order valence-electron chi connectivity index (χ4n) is 2.37. The first-order chi connectivity index (χ1) is 11.4. The smallest absolute Gasteiger partial charge is 0.254 e. The Morgan fingerprint density at radius 3 is 2.54 bits per heavy atom. The van der Waals surface area contributed by atoms with Crippen LogP contribution in [0.15, 0.2) is 42.5 Å². The molecule has 0 fully saturated rings. The second-order valence-electron chi connectivity index (χ2n) is 5.68. The first-order valence-electron chi connectivity index (χ1n) is 7.81. The minimum absolute atomic E-state index is 0.105. The van der Waals surface area contributed by atoms with Crippen molar-refractivity contribution in [3.8, 4) is 0 Å². The monoisotopic (exact) mass is 328 g/mol. The van der Waals surface area contributed by atoms with Gasteiger partial charge in [-0.3, -0.25) is 9.59 Å². The van der Waals surface area contributed by atoms with E-state index in [9.17, 15) is 14.0 Å². The lowest BCUT2D eigenvalue weighted by molar-refractivity contribution is -0.116. The van der Waals surface area contributed by atoms with Crippen LogP contribution in [0.25, 0.3) is 0 Å². The Morgan fingerprint density at radius 1 is 1.17 bits per heavy atom. The zero-order chi connectivity index (χ0) is 17.7. The van der Waals surface area contributed by atoms with Crippen LogP contribution in [0.4, 0.5) is 10.1 Å². The van der Waals surface area contributed by atoms with Crippen LogP contribution in [0, 0.1) is 12.7 Å². The molecule has 0 unspecified atom stereocenters. The molecule has 126 valence electrons. The molecule has 0 atom stereocenters. The van der Waals surface area contributed by atoms with E-state index < -0.39 is 11.7 Å². The number of amides is 2. The summed E-state index contributed by atoms with van der Waals surface area (Å²) in [5.41, 5.74) is 2.47. The lowest BCUT2D eigenvalue weighted by Crippen LogP contribution is -2.35. The molecule has 2 rings (SSSR count).